The van der Waals surface area contributed by atoms with Crippen LogP contribution in [0.1, 0.15) is 103 Å². The summed E-state index contributed by atoms with van der Waals surface area (Å²) in [6.07, 6.45) is 13.4. The molecule has 3 amide bonds. The summed E-state index contributed by atoms with van der Waals surface area (Å²) in [6.45, 7) is 3.39. The number of imide groups is 1. The van der Waals surface area contributed by atoms with E-state index in [1.54, 1.807) is 0 Å². The molecule has 26 heavy (non-hydrogen) atoms. The Labute approximate surface area is 159 Å². The van der Waals surface area contributed by atoms with Crippen LogP contribution in [0.4, 0.5) is 0 Å². The van der Waals surface area contributed by atoms with E-state index >= 15 is 0 Å². The van der Waals surface area contributed by atoms with Crippen LogP contribution in [-0.4, -0.2) is 35.7 Å². The van der Waals surface area contributed by atoms with Gasteiger partial charge in [0.15, 0.2) is 0 Å². The van der Waals surface area contributed by atoms with Crippen molar-refractivity contribution in [2.75, 3.05) is 13.1 Å². The molecular formula is C21H38N2O3. The van der Waals surface area contributed by atoms with Crippen LogP contribution in [0.15, 0.2) is 0 Å². The second-order valence-electron chi connectivity index (χ2n) is 7.43. The van der Waals surface area contributed by atoms with E-state index in [1.165, 1.54) is 30.6 Å². The molecule has 0 aromatic heterocycles. The fourth-order valence-electron chi connectivity index (χ4n) is 3.34. The third kappa shape index (κ3) is 10.6. The standard InChI is InChI=1S/C21H38N2O3/c1-2-3-4-5-6-10-15-20(25)23-18-13-8-9-14-19(24)22-17-12-7-11-16-21(23)26/h2-18H2,1H3,(H,22,24). The monoisotopic (exact) mass is 366 g/mol. The van der Waals surface area contributed by atoms with Crippen molar-refractivity contribution in [3.8, 4) is 0 Å². The average molecular weight is 367 g/mol. The highest BCUT2D eigenvalue weighted by atomic mass is 16.2. The zero-order valence-corrected chi connectivity index (χ0v) is 16.7. The molecule has 1 aliphatic heterocycles. The molecule has 5 heteroatoms. The molecule has 0 unspecified atom stereocenters. The SMILES string of the molecule is CCCCCCCCC(=O)N1CCCCCC(=O)NCCCCCC1=O. The van der Waals surface area contributed by atoms with Crippen molar-refractivity contribution in [3.63, 3.8) is 0 Å². The molecule has 1 heterocycles. The second-order valence-corrected chi connectivity index (χ2v) is 7.43. The van der Waals surface area contributed by atoms with Crippen molar-refractivity contribution in [1.29, 1.82) is 0 Å². The smallest absolute Gasteiger partial charge is 0.229 e. The highest BCUT2D eigenvalue weighted by molar-refractivity contribution is 5.95. The van der Waals surface area contributed by atoms with Gasteiger partial charge in [-0.2, -0.15) is 0 Å². The number of carbonyl (C=O) groups is 3. The molecule has 1 rings (SSSR count). The summed E-state index contributed by atoms with van der Waals surface area (Å²) in [4.78, 5) is 38.2. The van der Waals surface area contributed by atoms with Gasteiger partial charge in [-0.05, 0) is 32.1 Å². The van der Waals surface area contributed by atoms with Gasteiger partial charge >= 0.3 is 0 Å². The Kier molecular flexibility index (Phi) is 12.8. The minimum absolute atomic E-state index is 0.00433. The summed E-state index contributed by atoms with van der Waals surface area (Å²) in [5.41, 5.74) is 0. The molecule has 1 saturated heterocycles. The first-order chi connectivity index (χ1) is 12.6. The lowest BCUT2D eigenvalue weighted by molar-refractivity contribution is -0.145. The number of nitrogens with zero attached hydrogens (tertiary/aromatic N) is 1. The lowest BCUT2D eigenvalue weighted by Crippen LogP contribution is -2.37. The maximum Gasteiger partial charge on any atom is 0.229 e. The molecule has 1 aliphatic rings. The van der Waals surface area contributed by atoms with E-state index in [1.807, 2.05) is 0 Å². The summed E-state index contributed by atoms with van der Waals surface area (Å²) in [5.74, 6) is 0.103. The molecule has 5 nitrogen and oxygen atoms in total. The van der Waals surface area contributed by atoms with Crippen molar-refractivity contribution < 1.29 is 14.4 Å². The van der Waals surface area contributed by atoms with E-state index in [0.29, 0.717) is 32.4 Å². The molecule has 0 aliphatic carbocycles. The number of rotatable bonds is 7. The number of hydrogen-bond acceptors (Lipinski definition) is 3. The van der Waals surface area contributed by atoms with Gasteiger partial charge in [0.2, 0.25) is 17.7 Å². The first-order valence-electron chi connectivity index (χ1n) is 10.7. The van der Waals surface area contributed by atoms with Crippen molar-refractivity contribution >= 4 is 17.7 Å². The Bertz CT molecular complexity index is 423. The number of carbonyl (C=O) groups excluding carboxylic acids is 3. The molecular weight excluding hydrogens is 328 g/mol. The molecule has 0 aromatic rings. The number of hydrogen-bond donors (Lipinski definition) is 1. The van der Waals surface area contributed by atoms with Crippen molar-refractivity contribution in [2.24, 2.45) is 0 Å². The van der Waals surface area contributed by atoms with Crippen molar-refractivity contribution in [2.45, 2.75) is 103 Å². The predicted molar refractivity (Wildman–Crippen MR) is 105 cm³/mol. The highest BCUT2D eigenvalue weighted by Gasteiger charge is 2.20. The quantitative estimate of drug-likeness (QED) is 0.682. The third-order valence-electron chi connectivity index (χ3n) is 5.02. The van der Waals surface area contributed by atoms with E-state index in [0.717, 1.165) is 51.4 Å². The minimum atomic E-state index is -0.0120. The van der Waals surface area contributed by atoms with Gasteiger partial charge in [-0.15, -0.1) is 0 Å². The van der Waals surface area contributed by atoms with Gasteiger partial charge in [-0.25, -0.2) is 0 Å². The minimum Gasteiger partial charge on any atom is -0.356 e. The van der Waals surface area contributed by atoms with Gasteiger partial charge in [0.05, 0.1) is 0 Å². The van der Waals surface area contributed by atoms with E-state index in [-0.39, 0.29) is 17.7 Å². The van der Waals surface area contributed by atoms with Crippen LogP contribution in [0.25, 0.3) is 0 Å². The Morgan fingerprint density at radius 1 is 0.885 bits per heavy atom. The summed E-state index contributed by atoms with van der Waals surface area (Å²) in [7, 11) is 0. The zero-order chi connectivity index (χ0) is 19.0. The number of unbranched alkanes of at least 4 members (excludes halogenated alkanes) is 5. The lowest BCUT2D eigenvalue weighted by atomic mass is 10.1. The maximum absolute atomic E-state index is 12.5. The average Bonchev–Trinajstić information content (AvgIpc) is 2.63. The van der Waals surface area contributed by atoms with Gasteiger partial charge in [0.1, 0.15) is 0 Å². The van der Waals surface area contributed by atoms with Crippen LogP contribution in [0, 0.1) is 0 Å². The predicted octanol–water partition coefficient (Wildman–Crippen LogP) is 4.34. The van der Waals surface area contributed by atoms with Crippen LogP contribution < -0.4 is 5.32 Å². The normalized spacial score (nSPS) is 18.3. The van der Waals surface area contributed by atoms with Crippen LogP contribution in [0.2, 0.25) is 0 Å². The summed E-state index contributed by atoms with van der Waals surface area (Å²) < 4.78 is 0. The van der Waals surface area contributed by atoms with Gasteiger partial charge in [-0.1, -0.05) is 51.9 Å². The Hall–Kier alpha value is -1.39. The van der Waals surface area contributed by atoms with Crippen LogP contribution >= 0.6 is 0 Å². The van der Waals surface area contributed by atoms with Crippen molar-refractivity contribution in [3.05, 3.63) is 0 Å². The van der Waals surface area contributed by atoms with Crippen LogP contribution in [-0.2, 0) is 14.4 Å². The van der Waals surface area contributed by atoms with Gasteiger partial charge < -0.3 is 5.32 Å². The molecule has 0 radical (unpaired) electrons. The third-order valence-corrected chi connectivity index (χ3v) is 5.02. The topological polar surface area (TPSA) is 66.5 Å². The molecule has 1 fully saturated rings. The van der Waals surface area contributed by atoms with E-state index in [4.69, 9.17) is 0 Å². The van der Waals surface area contributed by atoms with Gasteiger partial charge in [-0.3, -0.25) is 19.3 Å². The van der Waals surface area contributed by atoms with Crippen LogP contribution in [0.5, 0.6) is 0 Å². The number of amides is 3. The summed E-state index contributed by atoms with van der Waals surface area (Å²) >= 11 is 0. The lowest BCUT2D eigenvalue weighted by Gasteiger charge is -2.21. The molecule has 0 spiro atoms. The van der Waals surface area contributed by atoms with Gasteiger partial charge in [0, 0.05) is 32.4 Å². The highest BCUT2D eigenvalue weighted by Crippen LogP contribution is 2.12. The zero-order valence-electron chi connectivity index (χ0n) is 16.7. The molecule has 0 aromatic carbocycles. The van der Waals surface area contributed by atoms with E-state index in [9.17, 15) is 14.4 Å². The Morgan fingerprint density at radius 3 is 2.38 bits per heavy atom. The Balaban J connectivity index is 2.42. The molecule has 0 atom stereocenters. The molecule has 1 N–H and O–H groups in total. The van der Waals surface area contributed by atoms with Gasteiger partial charge in [0.25, 0.3) is 0 Å². The molecule has 150 valence electrons. The van der Waals surface area contributed by atoms with Crippen molar-refractivity contribution in [1.82, 2.24) is 10.2 Å². The largest absolute Gasteiger partial charge is 0.356 e. The van der Waals surface area contributed by atoms with E-state index < -0.39 is 0 Å². The first-order valence-corrected chi connectivity index (χ1v) is 10.7. The molecule has 0 saturated carbocycles. The summed E-state index contributed by atoms with van der Waals surface area (Å²) in [5, 5.41) is 2.93. The van der Waals surface area contributed by atoms with E-state index in [2.05, 4.69) is 12.2 Å². The number of nitrogens with one attached hydrogen (secondary N) is 1. The molecule has 0 bridgehead atoms. The fraction of sp³-hybridized carbons (Fsp3) is 0.857. The second kappa shape index (κ2) is 14.7. The van der Waals surface area contributed by atoms with Crippen LogP contribution in [0.3, 0.4) is 0 Å². The summed E-state index contributed by atoms with van der Waals surface area (Å²) in [6, 6.07) is 0. The Morgan fingerprint density at radius 2 is 1.58 bits per heavy atom. The first kappa shape index (κ1) is 22.7. The fourth-order valence-corrected chi connectivity index (χ4v) is 3.34. The maximum atomic E-state index is 12.5.